The van der Waals surface area contributed by atoms with E-state index in [1.165, 1.54) is 0 Å². The van der Waals surface area contributed by atoms with Gasteiger partial charge in [0.2, 0.25) is 5.95 Å². The number of anilines is 1. The quantitative estimate of drug-likeness (QED) is 0.297. The van der Waals surface area contributed by atoms with Crippen molar-refractivity contribution in [2.45, 2.75) is 20.1 Å². The van der Waals surface area contributed by atoms with Crippen LogP contribution in [0.25, 0.3) is 11.2 Å². The Labute approximate surface area is 179 Å². The Balaban J connectivity index is 1.50. The topological polar surface area (TPSA) is 129 Å². The standard InChI is InChI=1S/C18H24ClN6O4P/c1-3-22-30(29-9-12-4-5-14(27-2)13(19)8-12)11-28-7-6-25-10-21-15-16(25)23-18(20)24-17(15)26/h4-5,8,10,22H,3,6-7,9,11H2,1-2H3,(H3,20,23,24,26). The molecule has 1 unspecified atom stereocenters. The highest BCUT2D eigenvalue weighted by atomic mass is 35.5. The van der Waals surface area contributed by atoms with Gasteiger partial charge in [0.25, 0.3) is 5.56 Å². The minimum Gasteiger partial charge on any atom is -0.495 e. The maximum Gasteiger partial charge on any atom is 0.280 e. The molecule has 0 aliphatic carbocycles. The normalized spacial score (nSPS) is 12.4. The fraction of sp³-hybridized carbons (Fsp3) is 0.389. The van der Waals surface area contributed by atoms with Crippen molar-refractivity contribution < 1.29 is 14.0 Å². The van der Waals surface area contributed by atoms with E-state index in [-0.39, 0.29) is 17.0 Å². The van der Waals surface area contributed by atoms with Gasteiger partial charge in [-0.15, -0.1) is 0 Å². The second kappa shape index (κ2) is 10.7. The van der Waals surface area contributed by atoms with Crippen LogP contribution in [0.15, 0.2) is 29.3 Å². The van der Waals surface area contributed by atoms with E-state index < -0.39 is 8.30 Å². The first-order valence-corrected chi connectivity index (χ1v) is 11.1. The summed E-state index contributed by atoms with van der Waals surface area (Å²) in [4.78, 5) is 22.5. The molecule has 0 radical (unpaired) electrons. The van der Waals surface area contributed by atoms with Gasteiger partial charge in [-0.3, -0.25) is 14.9 Å². The highest BCUT2D eigenvalue weighted by Crippen LogP contribution is 2.34. The Morgan fingerprint density at radius 1 is 1.40 bits per heavy atom. The Bertz CT molecular complexity index is 1040. The lowest BCUT2D eigenvalue weighted by atomic mass is 10.2. The van der Waals surface area contributed by atoms with Gasteiger partial charge in [0.15, 0.2) is 11.2 Å². The van der Waals surface area contributed by atoms with Gasteiger partial charge in [-0.25, -0.2) is 4.98 Å². The van der Waals surface area contributed by atoms with Crippen LogP contribution in [0.3, 0.4) is 0 Å². The van der Waals surface area contributed by atoms with Gasteiger partial charge in [0, 0.05) is 6.54 Å². The number of nitrogens with one attached hydrogen (secondary N) is 2. The lowest BCUT2D eigenvalue weighted by Gasteiger charge is -2.18. The number of ether oxygens (including phenoxy) is 2. The molecule has 3 rings (SSSR count). The number of aromatic amines is 1. The molecule has 0 amide bonds. The van der Waals surface area contributed by atoms with Crippen molar-refractivity contribution in [3.8, 4) is 5.75 Å². The average Bonchev–Trinajstić information content (AvgIpc) is 3.12. The van der Waals surface area contributed by atoms with Gasteiger partial charge in [-0.2, -0.15) is 4.98 Å². The summed E-state index contributed by atoms with van der Waals surface area (Å²) in [6, 6.07) is 5.55. The average molecular weight is 455 g/mol. The van der Waals surface area contributed by atoms with E-state index in [4.69, 9.17) is 31.3 Å². The van der Waals surface area contributed by atoms with Crippen LogP contribution in [0.4, 0.5) is 5.95 Å². The second-order valence-electron chi connectivity index (χ2n) is 6.23. The number of imidazole rings is 1. The molecular formula is C18H24ClN6O4P. The first-order valence-electron chi connectivity index (χ1n) is 9.26. The maximum atomic E-state index is 11.8. The van der Waals surface area contributed by atoms with E-state index in [0.29, 0.717) is 42.5 Å². The Hall–Kier alpha value is -2.23. The number of rotatable bonds is 11. The summed E-state index contributed by atoms with van der Waals surface area (Å²) in [6.45, 7) is 4.06. The number of hydrogen-bond acceptors (Lipinski definition) is 8. The number of aromatic nitrogens is 4. The highest BCUT2D eigenvalue weighted by molar-refractivity contribution is 7.50. The van der Waals surface area contributed by atoms with E-state index in [9.17, 15) is 4.79 Å². The van der Waals surface area contributed by atoms with Gasteiger partial charge in [0.1, 0.15) is 20.4 Å². The number of methoxy groups -OCH3 is 1. The number of nitrogens with two attached hydrogens (primary N) is 1. The lowest BCUT2D eigenvalue weighted by Crippen LogP contribution is -2.15. The molecule has 0 bridgehead atoms. The molecule has 0 saturated carbocycles. The first-order chi connectivity index (χ1) is 14.5. The number of benzene rings is 1. The number of halogens is 1. The third kappa shape index (κ3) is 5.68. The van der Waals surface area contributed by atoms with Crippen molar-refractivity contribution in [3.63, 3.8) is 0 Å². The van der Waals surface area contributed by atoms with E-state index in [0.717, 1.165) is 12.1 Å². The summed E-state index contributed by atoms with van der Waals surface area (Å²) in [5.41, 5.74) is 6.88. The highest BCUT2D eigenvalue weighted by Gasteiger charge is 2.12. The zero-order valence-electron chi connectivity index (χ0n) is 16.7. The van der Waals surface area contributed by atoms with Crippen molar-refractivity contribution in [3.05, 3.63) is 45.5 Å². The molecule has 2 heterocycles. The van der Waals surface area contributed by atoms with Crippen LogP contribution in [-0.2, 0) is 22.4 Å². The Kier molecular flexibility index (Phi) is 8.01. The Morgan fingerprint density at radius 2 is 2.23 bits per heavy atom. The van der Waals surface area contributed by atoms with Crippen LogP contribution < -0.4 is 21.1 Å². The summed E-state index contributed by atoms with van der Waals surface area (Å²) >= 11 is 6.16. The molecule has 1 aromatic carbocycles. The van der Waals surface area contributed by atoms with E-state index >= 15 is 0 Å². The summed E-state index contributed by atoms with van der Waals surface area (Å²) in [5, 5.41) is 3.84. The molecule has 162 valence electrons. The third-order valence-electron chi connectivity index (χ3n) is 4.12. The molecule has 0 aliphatic heterocycles. The molecule has 2 aromatic heterocycles. The number of nitrogen functional groups attached to an aromatic ring is 1. The summed E-state index contributed by atoms with van der Waals surface area (Å²) in [5.74, 6) is 0.681. The molecule has 0 aliphatic rings. The fourth-order valence-corrected chi connectivity index (χ4v) is 4.19. The van der Waals surface area contributed by atoms with Crippen LogP contribution in [0, 0.1) is 0 Å². The Morgan fingerprint density at radius 3 is 2.97 bits per heavy atom. The maximum absolute atomic E-state index is 11.8. The predicted molar refractivity (Wildman–Crippen MR) is 117 cm³/mol. The molecule has 0 spiro atoms. The zero-order valence-corrected chi connectivity index (χ0v) is 18.4. The van der Waals surface area contributed by atoms with Crippen molar-refractivity contribution in [1.29, 1.82) is 0 Å². The molecule has 10 nitrogen and oxygen atoms in total. The minimum atomic E-state index is -0.981. The molecule has 1 atom stereocenters. The van der Waals surface area contributed by atoms with Gasteiger partial charge < -0.3 is 24.3 Å². The lowest BCUT2D eigenvalue weighted by molar-refractivity contribution is 0.159. The van der Waals surface area contributed by atoms with Gasteiger partial charge in [-0.1, -0.05) is 24.6 Å². The number of fused-ring (bicyclic) bond motifs is 1. The summed E-state index contributed by atoms with van der Waals surface area (Å²) in [7, 11) is 0.597. The summed E-state index contributed by atoms with van der Waals surface area (Å²) in [6.07, 6.45) is 1.96. The van der Waals surface area contributed by atoms with Gasteiger partial charge >= 0.3 is 0 Å². The number of nitrogens with zero attached hydrogens (tertiary/aromatic N) is 3. The smallest absolute Gasteiger partial charge is 0.280 e. The molecule has 12 heteroatoms. The monoisotopic (exact) mass is 454 g/mol. The molecule has 30 heavy (non-hydrogen) atoms. The van der Waals surface area contributed by atoms with Crippen LogP contribution in [0.5, 0.6) is 5.75 Å². The number of hydrogen-bond donors (Lipinski definition) is 3. The third-order valence-corrected chi connectivity index (χ3v) is 5.94. The second-order valence-corrected chi connectivity index (χ2v) is 8.23. The largest absolute Gasteiger partial charge is 0.495 e. The molecule has 4 N–H and O–H groups in total. The van der Waals surface area contributed by atoms with Crippen molar-refractivity contribution in [2.75, 3.05) is 32.3 Å². The molecular weight excluding hydrogens is 431 g/mol. The molecule has 0 saturated heterocycles. The first kappa shape index (κ1) is 22.5. The van der Waals surface area contributed by atoms with E-state index in [1.54, 1.807) is 18.0 Å². The zero-order chi connectivity index (χ0) is 21.5. The van der Waals surface area contributed by atoms with Crippen LogP contribution in [-0.4, -0.2) is 46.1 Å². The number of H-pyrrole nitrogens is 1. The fourth-order valence-electron chi connectivity index (χ4n) is 2.70. The van der Waals surface area contributed by atoms with E-state index in [2.05, 4.69) is 20.0 Å². The van der Waals surface area contributed by atoms with E-state index in [1.807, 2.05) is 25.1 Å². The van der Waals surface area contributed by atoms with Crippen molar-refractivity contribution >= 4 is 37.0 Å². The van der Waals surface area contributed by atoms with Crippen LogP contribution in [0.1, 0.15) is 12.5 Å². The van der Waals surface area contributed by atoms with Crippen molar-refractivity contribution in [2.24, 2.45) is 0 Å². The van der Waals surface area contributed by atoms with Gasteiger partial charge in [0.05, 0.1) is 31.7 Å². The SMILES string of the molecule is CCNP(COCCn1cnc2c(=O)[nH]c(N)nc21)OCc1ccc(OC)c(Cl)c1. The molecule has 3 aromatic rings. The molecule has 0 fully saturated rings. The van der Waals surface area contributed by atoms with Gasteiger partial charge in [-0.05, 0) is 24.2 Å². The summed E-state index contributed by atoms with van der Waals surface area (Å²) < 4.78 is 18.6. The minimum absolute atomic E-state index is 0.0536. The van der Waals surface area contributed by atoms with Crippen LogP contribution in [0.2, 0.25) is 5.02 Å². The van der Waals surface area contributed by atoms with Crippen molar-refractivity contribution in [1.82, 2.24) is 24.6 Å². The van der Waals surface area contributed by atoms with Crippen LogP contribution >= 0.6 is 19.9 Å². The predicted octanol–water partition coefficient (Wildman–Crippen LogP) is 2.48.